The van der Waals surface area contributed by atoms with Gasteiger partial charge in [-0.15, -0.1) is 0 Å². The molecule has 0 saturated heterocycles. The molecular formula is C30H37N3O7S. The molecule has 0 saturated carbocycles. The quantitative estimate of drug-likeness (QED) is 0.307. The molecule has 0 unspecified atom stereocenters. The molecule has 10 nitrogen and oxygen atoms in total. The van der Waals surface area contributed by atoms with Crippen LogP contribution in [0.15, 0.2) is 77.7 Å². The highest BCUT2D eigenvalue weighted by Crippen LogP contribution is 2.36. The Morgan fingerprint density at radius 3 is 2.05 bits per heavy atom. The lowest BCUT2D eigenvalue weighted by atomic mass is 10.1. The van der Waals surface area contributed by atoms with Gasteiger partial charge in [-0.2, -0.15) is 0 Å². The van der Waals surface area contributed by atoms with Gasteiger partial charge in [0.1, 0.15) is 29.8 Å². The number of sulfonamides is 1. The number of nitrogens with one attached hydrogen (secondary N) is 1. The number of carbonyl (C=O) groups is 2. The van der Waals surface area contributed by atoms with Crippen LogP contribution in [0.4, 0.5) is 5.69 Å². The lowest BCUT2D eigenvalue weighted by molar-refractivity contribution is -0.140. The highest BCUT2D eigenvalue weighted by atomic mass is 32.2. The summed E-state index contributed by atoms with van der Waals surface area (Å²) in [6.07, 6.45) is 0.321. The number of amides is 2. The maximum atomic E-state index is 14.1. The summed E-state index contributed by atoms with van der Waals surface area (Å²) in [5, 5.41) is 2.79. The average Bonchev–Trinajstić information content (AvgIpc) is 3.00. The Kier molecular flexibility index (Phi) is 11.0. The Hall–Kier alpha value is -4.25. The van der Waals surface area contributed by atoms with E-state index in [4.69, 9.17) is 14.2 Å². The Labute approximate surface area is 241 Å². The highest BCUT2D eigenvalue weighted by molar-refractivity contribution is 7.92. The normalized spacial score (nSPS) is 11.7. The number of carbonyl (C=O) groups excluding carboxylic acids is 2. The van der Waals surface area contributed by atoms with Gasteiger partial charge in [0.15, 0.2) is 0 Å². The van der Waals surface area contributed by atoms with Crippen LogP contribution in [-0.4, -0.2) is 65.6 Å². The van der Waals surface area contributed by atoms with Gasteiger partial charge in [-0.1, -0.05) is 37.3 Å². The molecule has 11 heteroatoms. The van der Waals surface area contributed by atoms with Gasteiger partial charge in [0, 0.05) is 19.2 Å². The third-order valence-corrected chi connectivity index (χ3v) is 8.29. The minimum atomic E-state index is -4.25. The summed E-state index contributed by atoms with van der Waals surface area (Å²) in [7, 11) is 0.181. The monoisotopic (exact) mass is 583 g/mol. The van der Waals surface area contributed by atoms with Crippen molar-refractivity contribution in [3.05, 3.63) is 78.4 Å². The van der Waals surface area contributed by atoms with Crippen molar-refractivity contribution < 1.29 is 32.2 Å². The molecule has 3 aromatic carbocycles. The Morgan fingerprint density at radius 2 is 1.49 bits per heavy atom. The Balaban J connectivity index is 2.12. The number of nitrogens with zero attached hydrogens (tertiary/aromatic N) is 2. The molecule has 0 heterocycles. The van der Waals surface area contributed by atoms with E-state index in [-0.39, 0.29) is 28.8 Å². The van der Waals surface area contributed by atoms with E-state index in [2.05, 4.69) is 5.32 Å². The summed E-state index contributed by atoms with van der Waals surface area (Å²) in [6, 6.07) is 18.8. The van der Waals surface area contributed by atoms with E-state index in [0.29, 0.717) is 24.5 Å². The van der Waals surface area contributed by atoms with Crippen molar-refractivity contribution in [3.8, 4) is 17.2 Å². The van der Waals surface area contributed by atoms with E-state index in [9.17, 15) is 18.0 Å². The molecule has 0 aliphatic heterocycles. The molecule has 0 aromatic heterocycles. The van der Waals surface area contributed by atoms with Gasteiger partial charge < -0.3 is 24.4 Å². The second kappa shape index (κ2) is 14.4. The number of ether oxygens (including phenoxy) is 3. The molecule has 0 radical (unpaired) electrons. The first-order valence-electron chi connectivity index (χ1n) is 13.2. The number of hydrogen-bond acceptors (Lipinski definition) is 7. The zero-order valence-corrected chi connectivity index (χ0v) is 24.8. The fourth-order valence-corrected chi connectivity index (χ4v) is 5.80. The first-order valence-corrected chi connectivity index (χ1v) is 14.6. The second-order valence-corrected chi connectivity index (χ2v) is 10.9. The molecule has 1 atom stereocenters. The number of benzene rings is 3. The minimum Gasteiger partial charge on any atom is -0.497 e. The molecule has 2 amide bonds. The lowest BCUT2D eigenvalue weighted by Crippen LogP contribution is -2.52. The summed E-state index contributed by atoms with van der Waals surface area (Å²) >= 11 is 0. The van der Waals surface area contributed by atoms with Gasteiger partial charge in [0.2, 0.25) is 11.8 Å². The fourth-order valence-electron chi connectivity index (χ4n) is 4.36. The molecule has 41 heavy (non-hydrogen) atoms. The first kappa shape index (κ1) is 31.3. The van der Waals surface area contributed by atoms with E-state index in [1.54, 1.807) is 75.6 Å². The molecule has 0 aliphatic rings. The van der Waals surface area contributed by atoms with E-state index in [1.807, 2.05) is 0 Å². The molecule has 0 fully saturated rings. The van der Waals surface area contributed by atoms with Crippen LogP contribution in [0.5, 0.6) is 17.2 Å². The van der Waals surface area contributed by atoms with Crippen LogP contribution < -0.4 is 23.8 Å². The van der Waals surface area contributed by atoms with E-state index in [0.717, 1.165) is 9.87 Å². The Bertz CT molecular complexity index is 1410. The van der Waals surface area contributed by atoms with Gasteiger partial charge in [-0.05, 0) is 55.3 Å². The maximum Gasteiger partial charge on any atom is 0.264 e. The lowest BCUT2D eigenvalue weighted by Gasteiger charge is -2.33. The van der Waals surface area contributed by atoms with Crippen LogP contribution in [-0.2, 0) is 26.2 Å². The van der Waals surface area contributed by atoms with Crippen molar-refractivity contribution in [1.29, 1.82) is 0 Å². The molecule has 3 rings (SSSR count). The van der Waals surface area contributed by atoms with Crippen molar-refractivity contribution in [1.82, 2.24) is 10.2 Å². The van der Waals surface area contributed by atoms with Gasteiger partial charge in [0.05, 0.1) is 31.9 Å². The predicted octanol–water partition coefficient (Wildman–Crippen LogP) is 3.85. The largest absolute Gasteiger partial charge is 0.497 e. The van der Waals surface area contributed by atoms with E-state index >= 15 is 0 Å². The molecular weight excluding hydrogens is 546 g/mol. The SMILES string of the molecule is CCNC(=O)[C@H](CC)N(Cc1ccc(OC)cc1)C(=O)CN(c1cc(OC)ccc1OC)S(=O)(=O)c1ccccc1. The first-order chi connectivity index (χ1) is 19.7. The van der Waals surface area contributed by atoms with Crippen LogP contribution in [0.2, 0.25) is 0 Å². The van der Waals surface area contributed by atoms with Crippen molar-refractivity contribution >= 4 is 27.5 Å². The van der Waals surface area contributed by atoms with Crippen molar-refractivity contribution in [3.63, 3.8) is 0 Å². The summed E-state index contributed by atoms with van der Waals surface area (Å²) in [5.74, 6) is 0.366. The van der Waals surface area contributed by atoms with Gasteiger partial charge in [-0.25, -0.2) is 8.42 Å². The third-order valence-electron chi connectivity index (χ3n) is 6.51. The topological polar surface area (TPSA) is 114 Å². The standard InChI is InChI=1S/C30H37N3O7S/c1-6-26(30(35)31-7-2)32(20-22-13-15-23(38-3)16-14-22)29(34)21-33(41(36,37)25-11-9-8-10-12-25)27-19-24(39-4)17-18-28(27)40-5/h8-19,26H,6-7,20-21H2,1-5H3,(H,31,35)/t26-/m0/s1. The molecule has 220 valence electrons. The summed E-state index contributed by atoms with van der Waals surface area (Å²) < 4.78 is 45.1. The van der Waals surface area contributed by atoms with Crippen LogP contribution in [0.3, 0.4) is 0 Å². The number of anilines is 1. The summed E-state index contributed by atoms with van der Waals surface area (Å²) in [5.41, 5.74) is 0.873. The van der Waals surface area contributed by atoms with E-state index in [1.165, 1.54) is 37.3 Å². The maximum absolute atomic E-state index is 14.1. The Morgan fingerprint density at radius 1 is 0.854 bits per heavy atom. The van der Waals surface area contributed by atoms with Crippen molar-refractivity contribution in [2.45, 2.75) is 37.8 Å². The molecule has 1 N–H and O–H groups in total. The molecule has 0 aliphatic carbocycles. The fraction of sp³-hybridized carbons (Fsp3) is 0.333. The zero-order valence-electron chi connectivity index (χ0n) is 24.0. The zero-order chi connectivity index (χ0) is 30.0. The number of likely N-dealkylation sites (N-methyl/N-ethyl adjacent to an activating group) is 1. The van der Waals surface area contributed by atoms with Crippen LogP contribution in [0.25, 0.3) is 0 Å². The smallest absolute Gasteiger partial charge is 0.264 e. The van der Waals surface area contributed by atoms with Crippen molar-refractivity contribution in [2.24, 2.45) is 0 Å². The van der Waals surface area contributed by atoms with Gasteiger partial charge in [-0.3, -0.25) is 13.9 Å². The third kappa shape index (κ3) is 7.49. The molecule has 0 bridgehead atoms. The summed E-state index contributed by atoms with van der Waals surface area (Å²) in [6.45, 7) is 3.47. The minimum absolute atomic E-state index is 0.00450. The van der Waals surface area contributed by atoms with E-state index < -0.39 is 28.5 Å². The highest BCUT2D eigenvalue weighted by Gasteiger charge is 2.34. The van der Waals surface area contributed by atoms with Crippen LogP contribution in [0, 0.1) is 0 Å². The molecule has 0 spiro atoms. The number of methoxy groups -OCH3 is 3. The average molecular weight is 584 g/mol. The second-order valence-electron chi connectivity index (χ2n) is 9.05. The van der Waals surface area contributed by atoms with Crippen LogP contribution in [0.1, 0.15) is 25.8 Å². The summed E-state index contributed by atoms with van der Waals surface area (Å²) in [4.78, 5) is 28.6. The number of rotatable bonds is 14. The van der Waals surface area contributed by atoms with Crippen molar-refractivity contribution in [2.75, 3.05) is 38.7 Å². The van der Waals surface area contributed by atoms with Gasteiger partial charge in [0.25, 0.3) is 10.0 Å². The molecule has 3 aromatic rings. The van der Waals surface area contributed by atoms with Gasteiger partial charge >= 0.3 is 0 Å². The number of hydrogen-bond donors (Lipinski definition) is 1. The van der Waals surface area contributed by atoms with Crippen LogP contribution >= 0.6 is 0 Å². The predicted molar refractivity (Wildman–Crippen MR) is 157 cm³/mol.